The van der Waals surface area contributed by atoms with Gasteiger partial charge in [-0.1, -0.05) is 35.9 Å². The zero-order chi connectivity index (χ0) is 20.8. The number of para-hydroxylation sites is 1. The van der Waals surface area contributed by atoms with E-state index in [1.165, 1.54) is 5.56 Å². The summed E-state index contributed by atoms with van der Waals surface area (Å²) in [6.45, 7) is 3.12. The van der Waals surface area contributed by atoms with E-state index >= 15 is 0 Å². The summed E-state index contributed by atoms with van der Waals surface area (Å²) in [5, 5.41) is 11.1. The van der Waals surface area contributed by atoms with Gasteiger partial charge >= 0.3 is 0 Å². The van der Waals surface area contributed by atoms with Gasteiger partial charge in [-0.05, 0) is 37.3 Å². The van der Waals surface area contributed by atoms with Crippen LogP contribution in [0.2, 0.25) is 0 Å². The second-order valence-electron chi connectivity index (χ2n) is 6.88. The number of nitrogens with one attached hydrogen (secondary N) is 2. The monoisotopic (exact) mass is 400 g/mol. The van der Waals surface area contributed by atoms with Crippen molar-refractivity contribution in [3.63, 3.8) is 0 Å². The van der Waals surface area contributed by atoms with Crippen molar-refractivity contribution in [1.29, 1.82) is 0 Å². The van der Waals surface area contributed by atoms with Crippen LogP contribution in [-0.2, 0) is 13.1 Å². The first-order valence-corrected chi connectivity index (χ1v) is 9.77. The van der Waals surface area contributed by atoms with E-state index < -0.39 is 0 Å². The van der Waals surface area contributed by atoms with Gasteiger partial charge < -0.3 is 15.1 Å². The van der Waals surface area contributed by atoms with Crippen molar-refractivity contribution in [2.45, 2.75) is 20.0 Å². The molecule has 152 valence electrons. The molecule has 2 aromatic carbocycles. The minimum absolute atomic E-state index is 0.507. The van der Waals surface area contributed by atoms with Gasteiger partial charge in [-0.2, -0.15) is 5.10 Å². The lowest BCUT2D eigenvalue weighted by Gasteiger charge is -2.09. The fraction of sp³-hybridized carbons (Fsp3) is 0.174. The highest BCUT2D eigenvalue weighted by Gasteiger charge is 2.08. The SMILES string of the molecule is CN=C(NCc1coc(-c2ccc(C)cc2)n1)NCc1ccn(-c2ccccc2)n1. The minimum Gasteiger partial charge on any atom is -0.444 e. The summed E-state index contributed by atoms with van der Waals surface area (Å²) in [5.74, 6) is 1.28. The summed E-state index contributed by atoms with van der Waals surface area (Å²) in [7, 11) is 1.73. The maximum absolute atomic E-state index is 5.61. The molecule has 2 heterocycles. The molecule has 7 nitrogen and oxygen atoms in total. The van der Waals surface area contributed by atoms with E-state index in [4.69, 9.17) is 4.42 Å². The molecule has 0 saturated carbocycles. The Hall–Kier alpha value is -3.87. The van der Waals surface area contributed by atoms with Crippen LogP contribution in [0, 0.1) is 6.92 Å². The highest BCUT2D eigenvalue weighted by Crippen LogP contribution is 2.19. The third-order valence-corrected chi connectivity index (χ3v) is 4.61. The second kappa shape index (κ2) is 9.09. The number of oxazole rings is 1. The molecule has 0 fully saturated rings. The normalized spacial score (nSPS) is 11.5. The van der Waals surface area contributed by atoms with Gasteiger partial charge in [0.2, 0.25) is 5.89 Å². The van der Waals surface area contributed by atoms with Gasteiger partial charge in [0.05, 0.1) is 30.2 Å². The zero-order valence-electron chi connectivity index (χ0n) is 17.0. The first-order chi connectivity index (χ1) is 14.7. The number of aryl methyl sites for hydroxylation is 1. The number of rotatable bonds is 6. The van der Waals surface area contributed by atoms with Gasteiger partial charge in [0.15, 0.2) is 5.96 Å². The second-order valence-corrected chi connectivity index (χ2v) is 6.88. The average molecular weight is 400 g/mol. The molecule has 7 heteroatoms. The first-order valence-electron chi connectivity index (χ1n) is 9.77. The summed E-state index contributed by atoms with van der Waals surface area (Å²) in [6, 6.07) is 20.1. The number of guanidine groups is 1. The van der Waals surface area contributed by atoms with Crippen LogP contribution in [0.15, 0.2) is 82.5 Å². The van der Waals surface area contributed by atoms with Crippen molar-refractivity contribution < 1.29 is 4.42 Å². The van der Waals surface area contributed by atoms with E-state index in [9.17, 15) is 0 Å². The maximum atomic E-state index is 5.61. The van der Waals surface area contributed by atoms with Gasteiger partial charge in [-0.3, -0.25) is 4.99 Å². The molecule has 0 aliphatic rings. The first kappa shape index (κ1) is 19.4. The van der Waals surface area contributed by atoms with E-state index in [2.05, 4.69) is 32.6 Å². The lowest BCUT2D eigenvalue weighted by Crippen LogP contribution is -2.36. The Bertz CT molecular complexity index is 1110. The van der Waals surface area contributed by atoms with Crippen molar-refractivity contribution in [3.8, 4) is 17.1 Å². The van der Waals surface area contributed by atoms with Crippen LogP contribution in [0.1, 0.15) is 17.0 Å². The molecule has 0 amide bonds. The van der Waals surface area contributed by atoms with Crippen molar-refractivity contribution in [2.75, 3.05) is 7.05 Å². The number of nitrogens with zero attached hydrogens (tertiary/aromatic N) is 4. The van der Waals surface area contributed by atoms with Crippen LogP contribution in [-0.4, -0.2) is 27.8 Å². The highest BCUT2D eigenvalue weighted by atomic mass is 16.3. The summed E-state index contributed by atoms with van der Waals surface area (Å²) >= 11 is 0. The van der Waals surface area contributed by atoms with E-state index in [-0.39, 0.29) is 0 Å². The molecule has 4 aromatic rings. The Labute approximate surface area is 175 Å². The smallest absolute Gasteiger partial charge is 0.226 e. The number of benzene rings is 2. The number of hydrogen-bond acceptors (Lipinski definition) is 4. The van der Waals surface area contributed by atoms with Crippen LogP contribution in [0.5, 0.6) is 0 Å². The van der Waals surface area contributed by atoms with Crippen molar-refractivity contribution >= 4 is 5.96 Å². The van der Waals surface area contributed by atoms with E-state index in [0.717, 1.165) is 22.6 Å². The van der Waals surface area contributed by atoms with Gasteiger partial charge in [-0.15, -0.1) is 0 Å². The molecular weight excluding hydrogens is 376 g/mol. The maximum Gasteiger partial charge on any atom is 0.226 e. The van der Waals surface area contributed by atoms with Crippen molar-refractivity contribution in [1.82, 2.24) is 25.4 Å². The van der Waals surface area contributed by atoms with Crippen LogP contribution < -0.4 is 10.6 Å². The van der Waals surface area contributed by atoms with Gasteiger partial charge in [0.1, 0.15) is 6.26 Å². The molecule has 0 saturated heterocycles. The average Bonchev–Trinajstić information content (AvgIpc) is 3.45. The fourth-order valence-electron chi connectivity index (χ4n) is 2.97. The standard InChI is InChI=1S/C23H24N6O/c1-17-8-10-18(11-9-17)22-27-20(16-30-22)15-26-23(24-2)25-14-19-12-13-29(28-19)21-6-4-3-5-7-21/h3-13,16H,14-15H2,1-2H3,(H2,24,25,26). The van der Waals surface area contributed by atoms with E-state index in [1.54, 1.807) is 13.3 Å². The number of aliphatic imine (C=N–C) groups is 1. The summed E-state index contributed by atoms with van der Waals surface area (Å²) in [4.78, 5) is 8.80. The Morgan fingerprint density at radius 1 is 0.967 bits per heavy atom. The molecule has 0 aliphatic heterocycles. The number of aromatic nitrogens is 3. The van der Waals surface area contributed by atoms with Crippen LogP contribution in [0.4, 0.5) is 0 Å². The zero-order valence-corrected chi connectivity index (χ0v) is 17.0. The predicted octanol–water partition coefficient (Wildman–Crippen LogP) is 3.70. The molecule has 0 aliphatic carbocycles. The Morgan fingerprint density at radius 2 is 1.70 bits per heavy atom. The summed E-state index contributed by atoms with van der Waals surface area (Å²) in [6.07, 6.45) is 3.61. The van der Waals surface area contributed by atoms with Crippen LogP contribution >= 0.6 is 0 Å². The third kappa shape index (κ3) is 4.75. The largest absolute Gasteiger partial charge is 0.444 e. The lowest BCUT2D eigenvalue weighted by atomic mass is 10.1. The fourth-order valence-corrected chi connectivity index (χ4v) is 2.97. The summed E-state index contributed by atoms with van der Waals surface area (Å²) < 4.78 is 7.46. The Morgan fingerprint density at radius 3 is 2.43 bits per heavy atom. The predicted molar refractivity (Wildman–Crippen MR) is 117 cm³/mol. The molecule has 0 radical (unpaired) electrons. The van der Waals surface area contributed by atoms with Crippen molar-refractivity contribution in [3.05, 3.63) is 90.1 Å². The van der Waals surface area contributed by atoms with Gasteiger partial charge in [0.25, 0.3) is 0 Å². The molecule has 0 atom stereocenters. The van der Waals surface area contributed by atoms with Crippen molar-refractivity contribution in [2.24, 2.45) is 4.99 Å². The molecule has 0 bridgehead atoms. The molecule has 2 N–H and O–H groups in total. The Kier molecular flexibility index (Phi) is 5.89. The van der Waals surface area contributed by atoms with Crippen LogP contribution in [0.25, 0.3) is 17.1 Å². The lowest BCUT2D eigenvalue weighted by molar-refractivity contribution is 0.572. The number of hydrogen-bond donors (Lipinski definition) is 2. The molecule has 4 rings (SSSR count). The molecule has 2 aromatic heterocycles. The molecular formula is C23H24N6O. The topological polar surface area (TPSA) is 80.3 Å². The molecule has 30 heavy (non-hydrogen) atoms. The third-order valence-electron chi connectivity index (χ3n) is 4.61. The van der Waals surface area contributed by atoms with Gasteiger partial charge in [0, 0.05) is 18.8 Å². The van der Waals surface area contributed by atoms with E-state index in [1.807, 2.05) is 71.5 Å². The molecule has 0 spiro atoms. The molecule has 0 unspecified atom stereocenters. The highest BCUT2D eigenvalue weighted by molar-refractivity contribution is 5.79. The quantitative estimate of drug-likeness (QED) is 0.381. The minimum atomic E-state index is 0.507. The van der Waals surface area contributed by atoms with Crippen LogP contribution in [0.3, 0.4) is 0 Å². The van der Waals surface area contributed by atoms with E-state index in [0.29, 0.717) is 24.9 Å². The van der Waals surface area contributed by atoms with Gasteiger partial charge in [-0.25, -0.2) is 9.67 Å². The summed E-state index contributed by atoms with van der Waals surface area (Å²) in [5.41, 5.74) is 4.92. The Balaban J connectivity index is 1.31.